The van der Waals surface area contributed by atoms with Crippen LogP contribution in [0.25, 0.3) is 0 Å². The first-order valence-corrected chi connectivity index (χ1v) is 7.11. The topological polar surface area (TPSA) is 106 Å². The van der Waals surface area contributed by atoms with Crippen LogP contribution < -0.4 is 0 Å². The third kappa shape index (κ3) is 5.39. The lowest BCUT2D eigenvalue weighted by atomic mass is 10.2. The van der Waals surface area contributed by atoms with Gasteiger partial charge in [-0.1, -0.05) is 11.8 Å². The number of aromatic nitrogens is 1. The average Bonchev–Trinajstić information content (AvgIpc) is 2.35. The van der Waals surface area contributed by atoms with Crippen molar-refractivity contribution in [3.63, 3.8) is 0 Å². The summed E-state index contributed by atoms with van der Waals surface area (Å²) in [5.41, 5.74) is -0.934. The standard InChI is InChI=1S/C13H15N3O4S/c1-13(2,3)20-10(17)5-7-21-12-11(16(18)19)9(8-14)4-6-15-12/h4,6H,5,7H2,1-3H3. The zero-order valence-electron chi connectivity index (χ0n) is 12.0. The fourth-order valence-corrected chi connectivity index (χ4v) is 2.35. The summed E-state index contributed by atoms with van der Waals surface area (Å²) >= 11 is 1.05. The van der Waals surface area contributed by atoms with Crippen LogP contribution in [-0.4, -0.2) is 27.2 Å². The van der Waals surface area contributed by atoms with Crippen LogP contribution in [-0.2, 0) is 9.53 Å². The van der Waals surface area contributed by atoms with Gasteiger partial charge in [0.1, 0.15) is 17.2 Å². The van der Waals surface area contributed by atoms with Gasteiger partial charge < -0.3 is 4.74 Å². The van der Waals surface area contributed by atoms with Crippen LogP contribution in [0, 0.1) is 21.4 Å². The molecule has 0 N–H and O–H groups in total. The highest BCUT2D eigenvalue weighted by Gasteiger charge is 2.22. The van der Waals surface area contributed by atoms with Crippen molar-refractivity contribution >= 4 is 23.4 Å². The fraction of sp³-hybridized carbons (Fsp3) is 0.462. The number of hydrogen-bond acceptors (Lipinski definition) is 7. The molecule has 0 aliphatic heterocycles. The van der Waals surface area contributed by atoms with Gasteiger partial charge >= 0.3 is 11.7 Å². The Hall–Kier alpha value is -2.14. The van der Waals surface area contributed by atoms with Crippen molar-refractivity contribution in [1.29, 1.82) is 5.26 Å². The minimum absolute atomic E-state index is 0.0465. The first-order chi connectivity index (χ1) is 9.74. The first kappa shape index (κ1) is 16.9. The summed E-state index contributed by atoms with van der Waals surface area (Å²) in [5.74, 6) is -0.0912. The Labute approximate surface area is 126 Å². The monoisotopic (exact) mass is 309 g/mol. The normalized spacial score (nSPS) is 10.8. The number of nitrogens with zero attached hydrogens (tertiary/aromatic N) is 3. The van der Waals surface area contributed by atoms with Gasteiger partial charge in [0, 0.05) is 11.9 Å². The molecular formula is C13H15N3O4S. The van der Waals surface area contributed by atoms with Gasteiger partial charge in [0.2, 0.25) is 0 Å². The van der Waals surface area contributed by atoms with Crippen LogP contribution in [0.2, 0.25) is 0 Å². The molecule has 1 rings (SSSR count). The van der Waals surface area contributed by atoms with Crippen molar-refractivity contribution < 1.29 is 14.5 Å². The molecule has 1 aromatic heterocycles. The quantitative estimate of drug-likeness (QED) is 0.356. The molecule has 8 heteroatoms. The van der Waals surface area contributed by atoms with Gasteiger partial charge in [-0.2, -0.15) is 5.26 Å². The number of carbonyl (C=O) groups excluding carboxylic acids is 1. The van der Waals surface area contributed by atoms with E-state index in [1.54, 1.807) is 26.8 Å². The number of nitriles is 1. The lowest BCUT2D eigenvalue weighted by molar-refractivity contribution is -0.388. The van der Waals surface area contributed by atoms with Crippen LogP contribution in [0.4, 0.5) is 5.69 Å². The Morgan fingerprint density at radius 1 is 1.57 bits per heavy atom. The summed E-state index contributed by atoms with van der Waals surface area (Å²) < 4.78 is 5.14. The molecule has 0 aliphatic carbocycles. The molecule has 0 atom stereocenters. The predicted molar refractivity (Wildman–Crippen MR) is 76.8 cm³/mol. The molecule has 0 saturated carbocycles. The molecule has 0 aromatic carbocycles. The van der Waals surface area contributed by atoms with Crippen LogP contribution in [0.15, 0.2) is 17.3 Å². The molecule has 0 saturated heterocycles. The largest absolute Gasteiger partial charge is 0.460 e. The number of hydrogen-bond donors (Lipinski definition) is 0. The molecule has 0 aliphatic rings. The maximum atomic E-state index is 11.5. The number of ether oxygens (including phenoxy) is 1. The summed E-state index contributed by atoms with van der Waals surface area (Å²) in [4.78, 5) is 25.8. The molecule has 112 valence electrons. The van der Waals surface area contributed by atoms with Crippen molar-refractivity contribution in [2.45, 2.75) is 37.8 Å². The van der Waals surface area contributed by atoms with Gasteiger partial charge in [0.05, 0.1) is 11.3 Å². The van der Waals surface area contributed by atoms with Crippen molar-refractivity contribution in [2.24, 2.45) is 0 Å². The van der Waals surface area contributed by atoms with E-state index < -0.39 is 10.5 Å². The van der Waals surface area contributed by atoms with Crippen LogP contribution in [0.5, 0.6) is 0 Å². The van der Waals surface area contributed by atoms with Crippen LogP contribution in [0.3, 0.4) is 0 Å². The Morgan fingerprint density at radius 3 is 2.76 bits per heavy atom. The summed E-state index contributed by atoms with van der Waals surface area (Å²) in [6, 6.07) is 3.05. The van der Waals surface area contributed by atoms with E-state index in [2.05, 4.69) is 4.98 Å². The number of esters is 1. The second-order valence-corrected chi connectivity index (χ2v) is 6.15. The van der Waals surface area contributed by atoms with Gasteiger partial charge in [-0.3, -0.25) is 14.9 Å². The molecule has 0 unspecified atom stereocenters. The van der Waals surface area contributed by atoms with Crippen molar-refractivity contribution in [1.82, 2.24) is 4.98 Å². The minimum atomic E-state index is -0.638. The van der Waals surface area contributed by atoms with Crippen molar-refractivity contribution in [3.05, 3.63) is 27.9 Å². The van der Waals surface area contributed by atoms with E-state index in [1.807, 2.05) is 0 Å². The molecule has 21 heavy (non-hydrogen) atoms. The van der Waals surface area contributed by atoms with E-state index in [4.69, 9.17) is 10.00 Å². The number of carbonyl (C=O) groups is 1. The third-order valence-corrected chi connectivity index (χ3v) is 3.14. The summed E-state index contributed by atoms with van der Waals surface area (Å²) in [5, 5.41) is 20.0. The highest BCUT2D eigenvalue weighted by Crippen LogP contribution is 2.30. The summed E-state index contributed by atoms with van der Waals surface area (Å²) in [6.45, 7) is 5.29. The van der Waals surface area contributed by atoms with Gasteiger partial charge in [-0.05, 0) is 26.8 Å². The third-order valence-electron chi connectivity index (χ3n) is 2.16. The smallest absolute Gasteiger partial charge is 0.318 e. The number of pyridine rings is 1. The molecule has 0 radical (unpaired) electrons. The molecule has 1 heterocycles. The van der Waals surface area contributed by atoms with Gasteiger partial charge in [-0.15, -0.1) is 0 Å². The van der Waals surface area contributed by atoms with E-state index in [9.17, 15) is 14.9 Å². The SMILES string of the molecule is CC(C)(C)OC(=O)CCSc1nccc(C#N)c1[N+](=O)[O-]. The highest BCUT2D eigenvalue weighted by atomic mass is 32.2. The molecule has 0 spiro atoms. The Kier molecular flexibility index (Phi) is 5.67. The van der Waals surface area contributed by atoms with Gasteiger partial charge in [-0.25, -0.2) is 4.98 Å². The number of thioether (sulfide) groups is 1. The average molecular weight is 309 g/mol. The lowest BCUT2D eigenvalue weighted by Gasteiger charge is -2.19. The Morgan fingerprint density at radius 2 is 2.24 bits per heavy atom. The molecule has 0 bridgehead atoms. The van der Waals surface area contributed by atoms with Crippen LogP contribution >= 0.6 is 11.8 Å². The minimum Gasteiger partial charge on any atom is -0.460 e. The molecule has 0 amide bonds. The number of rotatable bonds is 5. The van der Waals surface area contributed by atoms with E-state index in [0.717, 1.165) is 11.8 Å². The van der Waals surface area contributed by atoms with Gasteiger partial charge in [0.25, 0.3) is 0 Å². The molecule has 7 nitrogen and oxygen atoms in total. The van der Waals surface area contributed by atoms with Gasteiger partial charge in [0.15, 0.2) is 5.03 Å². The van der Waals surface area contributed by atoms with E-state index in [0.29, 0.717) is 0 Å². The molecule has 0 fully saturated rings. The van der Waals surface area contributed by atoms with E-state index in [-0.39, 0.29) is 34.4 Å². The van der Waals surface area contributed by atoms with Crippen LogP contribution in [0.1, 0.15) is 32.8 Å². The zero-order valence-corrected chi connectivity index (χ0v) is 12.8. The summed E-state index contributed by atoms with van der Waals surface area (Å²) in [6.07, 6.45) is 1.44. The first-order valence-electron chi connectivity index (χ1n) is 6.12. The fourth-order valence-electron chi connectivity index (χ4n) is 1.43. The second kappa shape index (κ2) is 7.04. The van der Waals surface area contributed by atoms with Crippen molar-refractivity contribution in [3.8, 4) is 6.07 Å². The maximum absolute atomic E-state index is 11.5. The van der Waals surface area contributed by atoms with Crippen molar-refractivity contribution in [2.75, 3.05) is 5.75 Å². The summed E-state index contributed by atoms with van der Waals surface area (Å²) in [7, 11) is 0. The maximum Gasteiger partial charge on any atom is 0.318 e. The van der Waals surface area contributed by atoms with E-state index in [1.165, 1.54) is 12.3 Å². The lowest BCUT2D eigenvalue weighted by Crippen LogP contribution is -2.24. The Balaban J connectivity index is 2.71. The second-order valence-electron chi connectivity index (χ2n) is 5.07. The molecular weight excluding hydrogens is 294 g/mol. The number of nitro groups is 1. The van der Waals surface area contributed by atoms with E-state index >= 15 is 0 Å². The zero-order chi connectivity index (χ0) is 16.0. The highest BCUT2D eigenvalue weighted by molar-refractivity contribution is 7.99. The predicted octanol–water partition coefficient (Wildman–Crippen LogP) is 2.69. The molecule has 1 aromatic rings. The Bertz CT molecular complexity index is 590.